The summed E-state index contributed by atoms with van der Waals surface area (Å²) < 4.78 is 82.8. The van der Waals surface area contributed by atoms with Crippen molar-refractivity contribution < 1.29 is 35.9 Å². The molecule has 23 heavy (non-hydrogen) atoms. The predicted octanol–water partition coefficient (Wildman–Crippen LogP) is 2.74. The molecule has 1 rings (SSSR count). The molecule has 0 aliphatic carbocycles. The molecule has 5 nitrogen and oxygen atoms in total. The van der Waals surface area contributed by atoms with E-state index in [1.54, 1.807) is 0 Å². The Morgan fingerprint density at radius 3 is 2.26 bits per heavy atom. The second kappa shape index (κ2) is 7.02. The van der Waals surface area contributed by atoms with Crippen LogP contribution in [0, 0.1) is 0 Å². The molecule has 1 aromatic heterocycles. The summed E-state index contributed by atoms with van der Waals surface area (Å²) in [6, 6.07) is 2.63. The lowest BCUT2D eigenvalue weighted by Crippen LogP contribution is -2.75. The monoisotopic (exact) mass is 345 g/mol. The van der Waals surface area contributed by atoms with E-state index in [1.165, 1.54) is 30.6 Å². The molecule has 0 spiro atoms. The van der Waals surface area contributed by atoms with E-state index in [2.05, 4.69) is 9.72 Å². The molecular formula is C12H13F6N3O2. The van der Waals surface area contributed by atoms with Crippen LogP contribution in [0.1, 0.15) is 12.5 Å². The van der Waals surface area contributed by atoms with Crippen molar-refractivity contribution in [2.24, 2.45) is 0 Å². The topological polar surface area (TPSA) is 63.2 Å². The number of hydrogen-bond donors (Lipinski definition) is 2. The molecule has 2 N–H and O–H groups in total. The molecule has 0 aliphatic heterocycles. The lowest BCUT2D eigenvalue weighted by atomic mass is 10.1. The molecule has 130 valence electrons. The smallest absolute Gasteiger partial charge is 0.434 e. The van der Waals surface area contributed by atoms with Crippen LogP contribution >= 0.6 is 0 Å². The van der Waals surface area contributed by atoms with E-state index in [9.17, 15) is 31.1 Å². The maximum Gasteiger partial charge on any atom is 0.434 e. The summed E-state index contributed by atoms with van der Waals surface area (Å²) in [6.07, 6.45) is -11.2. The number of amides is 1. The van der Waals surface area contributed by atoms with Gasteiger partial charge in [-0.25, -0.2) is 4.79 Å². The van der Waals surface area contributed by atoms with Crippen molar-refractivity contribution in [3.63, 3.8) is 0 Å². The first-order chi connectivity index (χ1) is 10.5. The number of alkyl halides is 6. The highest BCUT2D eigenvalue weighted by Crippen LogP contribution is 2.41. The Kier molecular flexibility index (Phi) is 5.81. The third-order valence-electron chi connectivity index (χ3n) is 2.70. The number of nitrogens with one attached hydrogen (secondary N) is 2. The van der Waals surface area contributed by atoms with E-state index in [4.69, 9.17) is 0 Å². The number of alkyl carbamates (subject to hydrolysis) is 1. The summed E-state index contributed by atoms with van der Waals surface area (Å²) in [5.74, 6) is 0. The van der Waals surface area contributed by atoms with Crippen LogP contribution in [0.5, 0.6) is 0 Å². The van der Waals surface area contributed by atoms with Gasteiger partial charge in [0.1, 0.15) is 0 Å². The van der Waals surface area contributed by atoms with Gasteiger partial charge in [0.05, 0.1) is 6.61 Å². The average Bonchev–Trinajstić information content (AvgIpc) is 2.42. The fourth-order valence-corrected chi connectivity index (χ4v) is 1.60. The van der Waals surface area contributed by atoms with Crippen LogP contribution in [-0.4, -0.2) is 35.7 Å². The first kappa shape index (κ1) is 19.0. The second-order valence-corrected chi connectivity index (χ2v) is 4.31. The van der Waals surface area contributed by atoms with Crippen LogP contribution in [0.15, 0.2) is 24.5 Å². The minimum Gasteiger partial charge on any atom is -0.450 e. The highest BCUT2D eigenvalue weighted by Gasteiger charge is 2.72. The van der Waals surface area contributed by atoms with Crippen LogP contribution in [0.4, 0.5) is 31.1 Å². The van der Waals surface area contributed by atoms with Crippen molar-refractivity contribution in [3.05, 3.63) is 30.1 Å². The van der Waals surface area contributed by atoms with Gasteiger partial charge in [-0.3, -0.25) is 15.6 Å². The Morgan fingerprint density at radius 2 is 1.83 bits per heavy atom. The number of carbonyl (C=O) groups is 1. The molecule has 0 radical (unpaired) electrons. The molecule has 0 atom stereocenters. The van der Waals surface area contributed by atoms with Gasteiger partial charge in [0.25, 0.3) is 5.66 Å². The summed E-state index contributed by atoms with van der Waals surface area (Å²) in [6.45, 7) is 0.0189. The molecule has 0 saturated carbocycles. The van der Waals surface area contributed by atoms with E-state index >= 15 is 0 Å². The molecule has 11 heteroatoms. The molecular weight excluding hydrogens is 332 g/mol. The number of rotatable bonds is 5. The second-order valence-electron chi connectivity index (χ2n) is 4.31. The van der Waals surface area contributed by atoms with Gasteiger partial charge in [0.15, 0.2) is 0 Å². The van der Waals surface area contributed by atoms with Crippen LogP contribution in [0.2, 0.25) is 0 Å². The van der Waals surface area contributed by atoms with Crippen molar-refractivity contribution in [1.29, 1.82) is 0 Å². The Hall–Kier alpha value is -2.04. The van der Waals surface area contributed by atoms with Crippen molar-refractivity contribution in [2.75, 3.05) is 6.61 Å². The van der Waals surface area contributed by atoms with Gasteiger partial charge in [-0.1, -0.05) is 6.07 Å². The highest BCUT2D eigenvalue weighted by molar-refractivity contribution is 5.68. The lowest BCUT2D eigenvalue weighted by Gasteiger charge is -2.38. The number of ether oxygens (including phenoxy) is 1. The number of carbonyl (C=O) groups excluding carboxylic acids is 1. The highest BCUT2D eigenvalue weighted by atomic mass is 19.4. The van der Waals surface area contributed by atoms with Crippen LogP contribution in [0.25, 0.3) is 0 Å². The number of aromatic nitrogens is 1. The van der Waals surface area contributed by atoms with Crippen molar-refractivity contribution >= 4 is 6.09 Å². The van der Waals surface area contributed by atoms with Crippen molar-refractivity contribution in [1.82, 2.24) is 15.6 Å². The maximum absolute atomic E-state index is 13.1. The SMILES string of the molecule is CCOC(=O)NC(NCc1cccnc1)(C(F)(F)F)C(F)(F)F. The molecule has 1 aromatic rings. The fraction of sp³-hybridized carbons (Fsp3) is 0.500. The van der Waals surface area contributed by atoms with Crippen molar-refractivity contribution in [2.45, 2.75) is 31.5 Å². The molecule has 0 fully saturated rings. The zero-order valence-electron chi connectivity index (χ0n) is 11.8. The van der Waals surface area contributed by atoms with E-state index in [-0.39, 0.29) is 12.2 Å². The number of nitrogens with zero attached hydrogens (tertiary/aromatic N) is 1. The Balaban J connectivity index is 3.14. The summed E-state index contributed by atoms with van der Waals surface area (Å²) in [4.78, 5) is 14.8. The molecule has 0 aromatic carbocycles. The van der Waals surface area contributed by atoms with E-state index in [1.807, 2.05) is 0 Å². The number of pyridine rings is 1. The maximum atomic E-state index is 13.1. The van der Waals surface area contributed by atoms with Gasteiger partial charge in [-0.15, -0.1) is 0 Å². The Labute approximate surface area is 127 Å². The van der Waals surface area contributed by atoms with Crippen molar-refractivity contribution in [3.8, 4) is 0 Å². The zero-order valence-corrected chi connectivity index (χ0v) is 11.8. The van der Waals surface area contributed by atoms with Gasteiger partial charge in [-0.2, -0.15) is 26.3 Å². The molecule has 0 bridgehead atoms. The first-order valence-electron chi connectivity index (χ1n) is 6.26. The van der Waals surface area contributed by atoms with Gasteiger partial charge in [0, 0.05) is 18.9 Å². The Bertz CT molecular complexity index is 504. The zero-order chi connectivity index (χ0) is 17.7. The predicted molar refractivity (Wildman–Crippen MR) is 66.1 cm³/mol. The summed E-state index contributed by atoms with van der Waals surface area (Å²) in [7, 11) is 0. The summed E-state index contributed by atoms with van der Waals surface area (Å²) in [5.41, 5.74) is -4.58. The normalized spacial score (nSPS) is 12.8. The number of hydrogen-bond acceptors (Lipinski definition) is 4. The van der Waals surface area contributed by atoms with Gasteiger partial charge < -0.3 is 4.74 Å². The summed E-state index contributed by atoms with van der Waals surface area (Å²) >= 11 is 0. The third-order valence-corrected chi connectivity index (χ3v) is 2.70. The fourth-order valence-electron chi connectivity index (χ4n) is 1.60. The third kappa shape index (κ3) is 4.47. The van der Waals surface area contributed by atoms with Gasteiger partial charge >= 0.3 is 18.4 Å². The van der Waals surface area contributed by atoms with Crippen LogP contribution < -0.4 is 10.6 Å². The van der Waals surface area contributed by atoms with Crippen LogP contribution in [0.3, 0.4) is 0 Å². The first-order valence-corrected chi connectivity index (χ1v) is 6.26. The van der Waals surface area contributed by atoms with E-state index < -0.39 is 30.7 Å². The minimum atomic E-state index is -5.86. The minimum absolute atomic E-state index is 0.0658. The summed E-state index contributed by atoms with van der Waals surface area (Å²) in [5, 5.41) is 2.16. The van der Waals surface area contributed by atoms with Gasteiger partial charge in [-0.05, 0) is 18.6 Å². The lowest BCUT2D eigenvalue weighted by molar-refractivity contribution is -0.315. The average molecular weight is 345 g/mol. The Morgan fingerprint density at radius 1 is 1.22 bits per heavy atom. The molecule has 0 saturated heterocycles. The van der Waals surface area contributed by atoms with E-state index in [0.717, 1.165) is 11.5 Å². The molecule has 0 aliphatic rings. The molecule has 1 heterocycles. The largest absolute Gasteiger partial charge is 0.450 e. The van der Waals surface area contributed by atoms with Crippen LogP contribution in [-0.2, 0) is 11.3 Å². The van der Waals surface area contributed by atoms with Gasteiger partial charge in [0.2, 0.25) is 0 Å². The molecule has 0 unspecified atom stereocenters. The van der Waals surface area contributed by atoms with E-state index in [0.29, 0.717) is 0 Å². The molecule has 1 amide bonds. The standard InChI is InChI=1S/C12H13F6N3O2/c1-2-23-9(22)21-10(11(13,14)15,12(16,17)18)20-7-8-4-3-5-19-6-8/h3-6,20H,2,7H2,1H3,(H,21,22). The quantitative estimate of drug-likeness (QED) is 0.636. The number of halogens is 6.